The molecule has 0 amide bonds. The quantitative estimate of drug-likeness (QED) is 0.525. The van der Waals surface area contributed by atoms with Gasteiger partial charge >= 0.3 is 0 Å². The van der Waals surface area contributed by atoms with Gasteiger partial charge in [-0.2, -0.15) is 15.0 Å². The molecule has 19 heavy (non-hydrogen) atoms. The molecular weight excluding hydrogens is 244 g/mol. The molecule has 0 aliphatic rings. The summed E-state index contributed by atoms with van der Waals surface area (Å²) in [5.74, 6) is 6.64. The molecule has 8 heteroatoms. The maximum Gasteiger partial charge on any atom is 0.243 e. The highest BCUT2D eigenvalue weighted by atomic mass is 15.4. The average Bonchev–Trinajstić information content (AvgIpc) is 2.92. The second-order valence-corrected chi connectivity index (χ2v) is 4.23. The van der Waals surface area contributed by atoms with Crippen molar-refractivity contribution in [2.45, 2.75) is 32.7 Å². The summed E-state index contributed by atoms with van der Waals surface area (Å²) in [6.45, 7) is 4.22. The fourth-order valence-corrected chi connectivity index (χ4v) is 1.71. The Bertz CT molecular complexity index is 509. The first kappa shape index (κ1) is 13.2. The number of hydrogen-bond donors (Lipinski definition) is 3. The zero-order valence-electron chi connectivity index (χ0n) is 11.0. The molecule has 2 aromatic heterocycles. The predicted octanol–water partition coefficient (Wildman–Crippen LogP) is 0.943. The van der Waals surface area contributed by atoms with Gasteiger partial charge in [-0.3, -0.25) is 9.99 Å². The van der Waals surface area contributed by atoms with Crippen LogP contribution in [0.15, 0.2) is 18.7 Å². The minimum Gasteiger partial charge on any atom is -0.352 e. The molecule has 4 N–H and O–H groups in total. The second-order valence-electron chi connectivity index (χ2n) is 4.23. The van der Waals surface area contributed by atoms with E-state index >= 15 is 0 Å². The maximum absolute atomic E-state index is 5.38. The Morgan fingerprint density at radius 1 is 1.32 bits per heavy atom. The minimum absolute atomic E-state index is 0.286. The number of nitrogens with two attached hydrogens (primary N) is 1. The van der Waals surface area contributed by atoms with Crippen LogP contribution in [-0.4, -0.2) is 30.5 Å². The van der Waals surface area contributed by atoms with Crippen LogP contribution in [0.4, 0.5) is 11.9 Å². The lowest BCUT2D eigenvalue weighted by atomic mass is 10.2. The average molecular weight is 262 g/mol. The largest absolute Gasteiger partial charge is 0.352 e. The lowest BCUT2D eigenvalue weighted by molar-refractivity contribution is 0.682. The van der Waals surface area contributed by atoms with E-state index in [4.69, 9.17) is 5.84 Å². The molecule has 0 radical (unpaired) electrons. The maximum atomic E-state index is 5.38. The van der Waals surface area contributed by atoms with E-state index in [-0.39, 0.29) is 6.04 Å². The lowest BCUT2D eigenvalue weighted by Crippen LogP contribution is -2.20. The number of imidazole rings is 1. The predicted molar refractivity (Wildman–Crippen MR) is 72.8 cm³/mol. The first-order valence-corrected chi connectivity index (χ1v) is 6.20. The summed E-state index contributed by atoms with van der Waals surface area (Å²) in [6.07, 6.45) is 7.17. The van der Waals surface area contributed by atoms with Crippen LogP contribution in [0.3, 0.4) is 0 Å². The van der Waals surface area contributed by atoms with Gasteiger partial charge in [-0.05, 0) is 13.3 Å². The monoisotopic (exact) mass is 262 g/mol. The van der Waals surface area contributed by atoms with Crippen molar-refractivity contribution >= 4 is 11.9 Å². The van der Waals surface area contributed by atoms with E-state index < -0.39 is 0 Å². The van der Waals surface area contributed by atoms with E-state index in [1.54, 1.807) is 23.3 Å². The summed E-state index contributed by atoms with van der Waals surface area (Å²) in [5, 5.41) is 3.23. The molecule has 0 saturated heterocycles. The van der Waals surface area contributed by atoms with Crippen LogP contribution < -0.4 is 16.6 Å². The SMILES string of the molecule is CCCC(C)Nc1nc(NN)nc(-n2ccnc2)n1. The van der Waals surface area contributed by atoms with E-state index in [2.05, 4.69) is 44.5 Å². The topological polar surface area (TPSA) is 107 Å². The van der Waals surface area contributed by atoms with Gasteiger partial charge in [0.25, 0.3) is 0 Å². The number of rotatable bonds is 6. The fraction of sp³-hybridized carbons (Fsp3) is 0.455. The van der Waals surface area contributed by atoms with Gasteiger partial charge in [0.2, 0.25) is 17.8 Å². The molecule has 2 rings (SSSR count). The van der Waals surface area contributed by atoms with E-state index in [9.17, 15) is 0 Å². The summed E-state index contributed by atoms with van der Waals surface area (Å²) in [6, 6.07) is 0.286. The van der Waals surface area contributed by atoms with Gasteiger partial charge in [-0.15, -0.1) is 0 Å². The molecule has 1 unspecified atom stereocenters. The van der Waals surface area contributed by atoms with Crippen molar-refractivity contribution in [3.8, 4) is 5.95 Å². The smallest absolute Gasteiger partial charge is 0.243 e. The number of anilines is 2. The molecule has 0 spiro atoms. The molecule has 1 atom stereocenters. The summed E-state index contributed by atoms with van der Waals surface area (Å²) in [5.41, 5.74) is 2.44. The molecule has 2 aromatic rings. The molecule has 2 heterocycles. The molecule has 0 aliphatic heterocycles. The van der Waals surface area contributed by atoms with Crippen molar-refractivity contribution < 1.29 is 0 Å². The van der Waals surface area contributed by atoms with Crippen molar-refractivity contribution in [2.75, 3.05) is 10.7 Å². The third kappa shape index (κ3) is 3.38. The van der Waals surface area contributed by atoms with Crippen molar-refractivity contribution in [2.24, 2.45) is 5.84 Å². The van der Waals surface area contributed by atoms with Gasteiger partial charge in [0.15, 0.2) is 0 Å². The Balaban J connectivity index is 2.26. The van der Waals surface area contributed by atoms with Crippen molar-refractivity contribution in [1.29, 1.82) is 0 Å². The number of nitrogens with one attached hydrogen (secondary N) is 2. The van der Waals surface area contributed by atoms with Crippen molar-refractivity contribution in [3.63, 3.8) is 0 Å². The van der Waals surface area contributed by atoms with Crippen LogP contribution in [0.5, 0.6) is 0 Å². The van der Waals surface area contributed by atoms with Crippen LogP contribution in [0.1, 0.15) is 26.7 Å². The first-order valence-electron chi connectivity index (χ1n) is 6.20. The highest BCUT2D eigenvalue weighted by Gasteiger charge is 2.09. The summed E-state index contributed by atoms with van der Waals surface area (Å²) in [4.78, 5) is 16.7. The van der Waals surface area contributed by atoms with Crippen LogP contribution in [0.25, 0.3) is 5.95 Å². The standard InChI is InChI=1S/C11H18N8/c1-3-4-8(2)14-9-15-10(18-12)17-11(16-9)19-6-5-13-7-19/h5-8H,3-4,12H2,1-2H3,(H2,14,15,16,17,18). The Morgan fingerprint density at radius 2 is 2.11 bits per heavy atom. The molecule has 0 saturated carbocycles. The zero-order valence-corrected chi connectivity index (χ0v) is 11.0. The van der Waals surface area contributed by atoms with E-state index in [1.807, 2.05) is 0 Å². The molecule has 0 aliphatic carbocycles. The second kappa shape index (κ2) is 6.10. The van der Waals surface area contributed by atoms with E-state index in [0.29, 0.717) is 17.8 Å². The van der Waals surface area contributed by atoms with Crippen LogP contribution in [0, 0.1) is 0 Å². The Labute approximate surface area is 111 Å². The number of hydrazine groups is 1. The number of nitrogens with zero attached hydrogens (tertiary/aromatic N) is 5. The number of nitrogen functional groups attached to an aromatic ring is 1. The van der Waals surface area contributed by atoms with Gasteiger partial charge in [-0.1, -0.05) is 13.3 Å². The molecular formula is C11H18N8. The van der Waals surface area contributed by atoms with Crippen molar-refractivity contribution in [1.82, 2.24) is 24.5 Å². The van der Waals surface area contributed by atoms with Crippen LogP contribution in [-0.2, 0) is 0 Å². The summed E-state index contributed by atoms with van der Waals surface area (Å²) >= 11 is 0. The highest BCUT2D eigenvalue weighted by molar-refractivity contribution is 5.37. The summed E-state index contributed by atoms with van der Waals surface area (Å²) in [7, 11) is 0. The van der Waals surface area contributed by atoms with Gasteiger partial charge in [-0.25, -0.2) is 10.8 Å². The van der Waals surface area contributed by atoms with Crippen molar-refractivity contribution in [3.05, 3.63) is 18.7 Å². The molecule has 102 valence electrons. The van der Waals surface area contributed by atoms with E-state index in [0.717, 1.165) is 12.8 Å². The molecule has 0 bridgehead atoms. The molecule has 8 nitrogen and oxygen atoms in total. The van der Waals surface area contributed by atoms with Crippen LogP contribution >= 0.6 is 0 Å². The number of hydrogen-bond acceptors (Lipinski definition) is 7. The van der Waals surface area contributed by atoms with Gasteiger partial charge in [0.1, 0.15) is 6.33 Å². The third-order valence-electron chi connectivity index (χ3n) is 2.59. The Morgan fingerprint density at radius 3 is 2.74 bits per heavy atom. The van der Waals surface area contributed by atoms with Gasteiger partial charge < -0.3 is 5.32 Å². The molecule has 0 fully saturated rings. The zero-order chi connectivity index (χ0) is 13.7. The van der Waals surface area contributed by atoms with E-state index in [1.165, 1.54) is 0 Å². The highest BCUT2D eigenvalue weighted by Crippen LogP contribution is 2.10. The Hall–Kier alpha value is -2.22. The number of aromatic nitrogens is 5. The van der Waals surface area contributed by atoms with Crippen LogP contribution in [0.2, 0.25) is 0 Å². The normalized spacial score (nSPS) is 12.2. The summed E-state index contributed by atoms with van der Waals surface area (Å²) < 4.78 is 1.69. The molecule has 0 aromatic carbocycles. The third-order valence-corrected chi connectivity index (χ3v) is 2.59. The Kier molecular flexibility index (Phi) is 4.24. The van der Waals surface area contributed by atoms with Gasteiger partial charge in [0, 0.05) is 18.4 Å². The minimum atomic E-state index is 0.286. The first-order chi connectivity index (χ1) is 9.22. The lowest BCUT2D eigenvalue weighted by Gasteiger charge is -2.13. The fourth-order valence-electron chi connectivity index (χ4n) is 1.71. The van der Waals surface area contributed by atoms with Gasteiger partial charge in [0.05, 0.1) is 0 Å².